The van der Waals surface area contributed by atoms with Crippen molar-refractivity contribution in [1.29, 1.82) is 0 Å². The third-order valence-corrected chi connectivity index (χ3v) is 6.69. The zero-order chi connectivity index (χ0) is 29.0. The molecular formula is C26H22Cl2F2N2O8. The average molecular weight is 599 g/mol. The lowest BCUT2D eigenvalue weighted by Crippen LogP contribution is -2.25. The number of benzene rings is 2. The molecule has 0 saturated heterocycles. The second kappa shape index (κ2) is 12.5. The third kappa shape index (κ3) is 7.19. The number of nitro groups is 1. The van der Waals surface area contributed by atoms with Crippen LogP contribution in [0.2, 0.25) is 10.0 Å². The van der Waals surface area contributed by atoms with E-state index in [0.29, 0.717) is 16.2 Å². The summed E-state index contributed by atoms with van der Waals surface area (Å²) in [4.78, 5) is 23.9. The van der Waals surface area contributed by atoms with E-state index in [1.54, 1.807) is 0 Å². The van der Waals surface area contributed by atoms with Gasteiger partial charge in [-0.05, 0) is 48.6 Å². The molecule has 0 amide bonds. The molecule has 0 bridgehead atoms. The highest BCUT2D eigenvalue weighted by molar-refractivity contribution is 6.35. The Morgan fingerprint density at radius 1 is 1.10 bits per heavy atom. The van der Waals surface area contributed by atoms with Crippen molar-refractivity contribution in [2.75, 3.05) is 13.7 Å². The van der Waals surface area contributed by atoms with E-state index in [0.717, 1.165) is 31.3 Å². The van der Waals surface area contributed by atoms with Gasteiger partial charge in [-0.1, -0.05) is 29.3 Å². The number of carbonyl (C=O) groups excluding carboxylic acids is 1. The first kappa shape index (κ1) is 29.1. The van der Waals surface area contributed by atoms with Crippen LogP contribution in [-0.2, 0) is 11.2 Å². The lowest BCUT2D eigenvalue weighted by Gasteiger charge is -2.21. The van der Waals surface area contributed by atoms with Gasteiger partial charge in [0.2, 0.25) is 0 Å². The van der Waals surface area contributed by atoms with Crippen LogP contribution in [0.5, 0.6) is 17.2 Å². The Morgan fingerprint density at radius 3 is 2.38 bits per heavy atom. The van der Waals surface area contributed by atoms with Crippen molar-refractivity contribution in [1.82, 2.24) is 0 Å². The first-order valence-corrected chi connectivity index (χ1v) is 12.6. The Kier molecular flexibility index (Phi) is 9.10. The van der Waals surface area contributed by atoms with Crippen molar-refractivity contribution >= 4 is 34.9 Å². The second-order valence-electron chi connectivity index (χ2n) is 8.87. The molecule has 0 N–H and O–H groups in total. The molecule has 14 heteroatoms. The monoisotopic (exact) mass is 598 g/mol. The smallest absolute Gasteiger partial charge is 0.387 e. The Balaban J connectivity index is 1.72. The number of alkyl halides is 2. The summed E-state index contributed by atoms with van der Waals surface area (Å²) in [6.07, 6.45) is 2.75. The van der Waals surface area contributed by atoms with Crippen LogP contribution in [0.25, 0.3) is 0 Å². The van der Waals surface area contributed by atoms with E-state index in [2.05, 4.69) is 4.74 Å². The summed E-state index contributed by atoms with van der Waals surface area (Å²) < 4.78 is 47.5. The number of esters is 1. The molecule has 1 aliphatic carbocycles. The molecule has 1 heterocycles. The second-order valence-corrected chi connectivity index (χ2v) is 9.69. The highest BCUT2D eigenvalue weighted by atomic mass is 35.5. The van der Waals surface area contributed by atoms with Gasteiger partial charge in [0.25, 0.3) is 0 Å². The van der Waals surface area contributed by atoms with Crippen molar-refractivity contribution in [3.8, 4) is 17.2 Å². The number of nitro benzene ring substituents is 1. The van der Waals surface area contributed by atoms with Crippen molar-refractivity contribution in [3.63, 3.8) is 0 Å². The SMILES string of the molecule is COc1ccc(C(=O)O[C@@H](Cc2c(Cl)c[n+]([O-])cc2Cl)c2ccc(OC(F)F)c(OCC3CC3)c2)cc1[N+](=O)[O-]. The summed E-state index contributed by atoms with van der Waals surface area (Å²) in [5.74, 6) is -0.903. The molecule has 1 fully saturated rings. The van der Waals surface area contributed by atoms with Gasteiger partial charge >= 0.3 is 18.3 Å². The van der Waals surface area contributed by atoms with Crippen LogP contribution in [0.1, 0.15) is 40.4 Å². The summed E-state index contributed by atoms with van der Waals surface area (Å²) in [5.41, 5.74) is -0.0352. The van der Waals surface area contributed by atoms with Crippen molar-refractivity contribution in [3.05, 3.63) is 90.8 Å². The summed E-state index contributed by atoms with van der Waals surface area (Å²) >= 11 is 12.5. The minimum Gasteiger partial charge on any atom is -0.619 e. The fraction of sp³-hybridized carbons (Fsp3) is 0.308. The molecule has 212 valence electrons. The van der Waals surface area contributed by atoms with Crippen molar-refractivity contribution in [2.24, 2.45) is 5.92 Å². The Bertz CT molecular complexity index is 1400. The van der Waals surface area contributed by atoms with E-state index in [-0.39, 0.29) is 51.4 Å². The van der Waals surface area contributed by atoms with Gasteiger partial charge < -0.3 is 24.2 Å². The van der Waals surface area contributed by atoms with E-state index < -0.39 is 29.3 Å². The van der Waals surface area contributed by atoms with Gasteiger partial charge in [0.05, 0.1) is 24.2 Å². The molecular weight excluding hydrogens is 577 g/mol. The molecule has 0 spiro atoms. The first-order chi connectivity index (χ1) is 19.0. The molecule has 1 aliphatic rings. The molecule has 0 aliphatic heterocycles. The highest BCUT2D eigenvalue weighted by Crippen LogP contribution is 2.38. The fourth-order valence-electron chi connectivity index (χ4n) is 3.82. The van der Waals surface area contributed by atoms with E-state index in [1.165, 1.54) is 37.4 Å². The van der Waals surface area contributed by atoms with Crippen LogP contribution >= 0.6 is 23.2 Å². The van der Waals surface area contributed by atoms with E-state index in [9.17, 15) is 28.9 Å². The number of nitrogens with zero attached hydrogens (tertiary/aromatic N) is 2. The van der Waals surface area contributed by atoms with Crippen molar-refractivity contribution in [2.45, 2.75) is 32.0 Å². The number of rotatable bonds is 12. The van der Waals surface area contributed by atoms with Gasteiger partial charge in [0.15, 0.2) is 29.6 Å². The zero-order valence-electron chi connectivity index (χ0n) is 20.9. The van der Waals surface area contributed by atoms with E-state index in [4.69, 9.17) is 37.4 Å². The van der Waals surface area contributed by atoms with Crippen LogP contribution in [0.4, 0.5) is 14.5 Å². The van der Waals surface area contributed by atoms with Crippen LogP contribution in [0.3, 0.4) is 0 Å². The maximum atomic E-state index is 13.2. The average Bonchev–Trinajstić information content (AvgIpc) is 3.73. The Hall–Kier alpha value is -3.90. The van der Waals surface area contributed by atoms with Gasteiger partial charge in [-0.2, -0.15) is 13.5 Å². The number of pyridine rings is 1. The molecule has 1 saturated carbocycles. The Labute approximate surface area is 236 Å². The minimum atomic E-state index is -3.10. The summed E-state index contributed by atoms with van der Waals surface area (Å²) in [5, 5.41) is 23.2. The van der Waals surface area contributed by atoms with Gasteiger partial charge in [0.1, 0.15) is 16.1 Å². The maximum absolute atomic E-state index is 13.2. The molecule has 40 heavy (non-hydrogen) atoms. The quantitative estimate of drug-likeness (QED) is 0.0808. The third-order valence-electron chi connectivity index (χ3n) is 6.03. The van der Waals surface area contributed by atoms with Gasteiger partial charge in [-0.25, -0.2) is 4.79 Å². The first-order valence-electron chi connectivity index (χ1n) is 11.9. The summed E-state index contributed by atoms with van der Waals surface area (Å²) in [6.45, 7) is -2.82. The molecule has 0 radical (unpaired) electrons. The van der Waals surface area contributed by atoms with Crippen molar-refractivity contribution < 1.29 is 42.2 Å². The zero-order valence-corrected chi connectivity index (χ0v) is 22.4. The predicted molar refractivity (Wildman–Crippen MR) is 138 cm³/mol. The van der Waals surface area contributed by atoms with Crippen LogP contribution in [-0.4, -0.2) is 31.2 Å². The van der Waals surface area contributed by atoms with Gasteiger partial charge in [-0.3, -0.25) is 10.1 Å². The van der Waals surface area contributed by atoms with Crippen LogP contribution in [0, 0.1) is 21.2 Å². The van der Waals surface area contributed by atoms with Gasteiger partial charge in [-0.15, -0.1) is 0 Å². The molecule has 4 rings (SSSR count). The molecule has 3 aromatic rings. The normalized spacial score (nSPS) is 13.6. The minimum absolute atomic E-state index is 0.00786. The topological polar surface area (TPSA) is 124 Å². The highest BCUT2D eigenvalue weighted by Gasteiger charge is 2.27. The molecule has 10 nitrogen and oxygen atoms in total. The molecule has 2 aromatic carbocycles. The summed E-state index contributed by atoms with van der Waals surface area (Å²) in [7, 11) is 1.25. The van der Waals surface area contributed by atoms with Gasteiger partial charge in [0, 0.05) is 18.1 Å². The number of aromatic nitrogens is 1. The number of ether oxygens (including phenoxy) is 4. The Morgan fingerprint density at radius 2 is 1.77 bits per heavy atom. The lowest BCUT2D eigenvalue weighted by molar-refractivity contribution is -0.605. The standard InChI is InChI=1S/C26H22Cl2F2N2O8/c1-37-21-6-5-16(8-20(21)32(35)36)25(33)39-23(10-17-18(27)11-31(34)12-19(17)28)15-4-7-22(40-26(29)30)24(9-15)38-13-14-2-3-14/h4-9,11-12,14,23,26H,2-3,10,13H2,1H3/t23-/m0/s1. The fourth-order valence-corrected chi connectivity index (χ4v) is 4.42. The van der Waals surface area contributed by atoms with Crippen LogP contribution < -0.4 is 18.9 Å². The molecule has 1 atom stereocenters. The number of hydrogen-bond acceptors (Lipinski definition) is 8. The number of halogens is 4. The molecule has 1 aromatic heterocycles. The number of carbonyl (C=O) groups is 1. The largest absolute Gasteiger partial charge is 0.619 e. The molecule has 0 unspecified atom stereocenters. The number of hydrogen-bond donors (Lipinski definition) is 0. The predicted octanol–water partition coefficient (Wildman–Crippen LogP) is 6.07. The van der Waals surface area contributed by atoms with E-state index >= 15 is 0 Å². The summed E-state index contributed by atoms with van der Waals surface area (Å²) in [6, 6.07) is 7.59. The van der Waals surface area contributed by atoms with Crippen LogP contribution in [0.15, 0.2) is 48.8 Å². The lowest BCUT2D eigenvalue weighted by atomic mass is 10.0. The van der Waals surface area contributed by atoms with E-state index in [1.807, 2.05) is 0 Å². The number of methoxy groups -OCH3 is 1. The maximum Gasteiger partial charge on any atom is 0.387 e.